The molecule has 3 rings (SSSR count). The molecule has 0 spiro atoms. The molecular weight excluding hydrogens is 270 g/mol. The number of hydrogen-bond donors (Lipinski definition) is 1. The molecule has 0 saturated heterocycles. The lowest BCUT2D eigenvalue weighted by Gasteiger charge is -2.08. The third-order valence-corrected chi connectivity index (χ3v) is 4.04. The maximum Gasteiger partial charge on any atom is 0.255 e. The molecule has 0 saturated carbocycles. The van der Waals surface area contributed by atoms with Crippen LogP contribution in [0.5, 0.6) is 0 Å². The number of alkyl halides is 1. The van der Waals surface area contributed by atoms with Crippen molar-refractivity contribution in [2.24, 2.45) is 0 Å². The Hall–Kier alpha value is -1.80. The predicted molar refractivity (Wildman–Crippen MR) is 82.4 cm³/mol. The number of benzene rings is 2. The highest BCUT2D eigenvalue weighted by Crippen LogP contribution is 2.25. The first-order valence-corrected chi connectivity index (χ1v) is 7.38. The summed E-state index contributed by atoms with van der Waals surface area (Å²) in [5.74, 6) is 0.385. The molecule has 1 amide bonds. The minimum Gasteiger partial charge on any atom is -0.322 e. The fourth-order valence-electron chi connectivity index (χ4n) is 2.60. The molecule has 0 heterocycles. The largest absolute Gasteiger partial charge is 0.322 e. The van der Waals surface area contributed by atoms with Crippen LogP contribution in [0.3, 0.4) is 0 Å². The molecule has 2 aromatic carbocycles. The van der Waals surface area contributed by atoms with Gasteiger partial charge in [0, 0.05) is 17.1 Å². The molecule has 102 valence electrons. The van der Waals surface area contributed by atoms with Gasteiger partial charge in [0.1, 0.15) is 0 Å². The number of aryl methyl sites for hydroxylation is 2. The maximum absolute atomic E-state index is 12.2. The summed E-state index contributed by atoms with van der Waals surface area (Å²) < 4.78 is 0. The van der Waals surface area contributed by atoms with E-state index in [1.807, 2.05) is 18.2 Å². The van der Waals surface area contributed by atoms with Crippen molar-refractivity contribution in [1.29, 1.82) is 0 Å². The van der Waals surface area contributed by atoms with Crippen LogP contribution in [0.4, 0.5) is 5.69 Å². The number of rotatable bonds is 3. The lowest BCUT2D eigenvalue weighted by atomic mass is 10.1. The maximum atomic E-state index is 12.2. The van der Waals surface area contributed by atoms with Crippen LogP contribution in [0.2, 0.25) is 0 Å². The number of halogens is 1. The van der Waals surface area contributed by atoms with Gasteiger partial charge in [0.05, 0.1) is 0 Å². The second-order valence-electron chi connectivity index (χ2n) is 5.12. The number of carbonyl (C=O) groups excluding carboxylic acids is 1. The first-order chi connectivity index (χ1) is 9.76. The summed E-state index contributed by atoms with van der Waals surface area (Å²) in [5, 5.41) is 2.95. The van der Waals surface area contributed by atoms with E-state index in [9.17, 15) is 4.79 Å². The van der Waals surface area contributed by atoms with E-state index in [1.165, 1.54) is 17.5 Å². The molecular formula is C17H16ClNO. The third-order valence-electron chi connectivity index (χ3n) is 3.73. The molecule has 0 aromatic heterocycles. The Morgan fingerprint density at radius 2 is 1.80 bits per heavy atom. The number of amides is 1. The van der Waals surface area contributed by atoms with Crippen LogP contribution < -0.4 is 5.32 Å². The van der Waals surface area contributed by atoms with E-state index < -0.39 is 0 Å². The summed E-state index contributed by atoms with van der Waals surface area (Å²) in [5.41, 5.74) is 5.31. The Morgan fingerprint density at radius 1 is 1.05 bits per heavy atom. The predicted octanol–water partition coefficient (Wildman–Crippen LogP) is 4.17. The highest BCUT2D eigenvalue weighted by atomic mass is 35.5. The minimum absolute atomic E-state index is 0.0796. The van der Waals surface area contributed by atoms with E-state index in [1.54, 1.807) is 12.1 Å². The second-order valence-corrected chi connectivity index (χ2v) is 5.39. The van der Waals surface area contributed by atoms with Crippen molar-refractivity contribution in [1.82, 2.24) is 0 Å². The number of fused-ring (bicyclic) bond motifs is 1. The van der Waals surface area contributed by atoms with Crippen molar-refractivity contribution in [2.45, 2.75) is 25.1 Å². The highest BCUT2D eigenvalue weighted by molar-refractivity contribution is 6.17. The Labute approximate surface area is 123 Å². The SMILES string of the molecule is O=C(Nc1ccc2c(c1)CCC2)c1ccc(CCl)cc1. The van der Waals surface area contributed by atoms with Crippen LogP contribution in [0.25, 0.3) is 0 Å². The third kappa shape index (κ3) is 2.70. The highest BCUT2D eigenvalue weighted by Gasteiger charge is 2.12. The summed E-state index contributed by atoms with van der Waals surface area (Å²) in [4.78, 5) is 12.2. The van der Waals surface area contributed by atoms with Gasteiger partial charge < -0.3 is 5.32 Å². The smallest absolute Gasteiger partial charge is 0.255 e. The Bertz CT molecular complexity index is 634. The Balaban J connectivity index is 1.75. The molecule has 2 aromatic rings. The number of nitrogens with one attached hydrogen (secondary N) is 1. The first-order valence-electron chi connectivity index (χ1n) is 6.84. The van der Waals surface area contributed by atoms with Crippen LogP contribution in [-0.4, -0.2) is 5.91 Å². The molecule has 0 aliphatic heterocycles. The second kappa shape index (κ2) is 5.68. The van der Waals surface area contributed by atoms with Gasteiger partial charge in [-0.15, -0.1) is 11.6 Å². The molecule has 0 unspecified atom stereocenters. The zero-order chi connectivity index (χ0) is 13.9. The molecule has 1 N–H and O–H groups in total. The molecule has 0 radical (unpaired) electrons. The number of anilines is 1. The van der Waals surface area contributed by atoms with E-state index in [0.717, 1.165) is 24.1 Å². The van der Waals surface area contributed by atoms with Crippen LogP contribution in [-0.2, 0) is 18.7 Å². The zero-order valence-corrected chi connectivity index (χ0v) is 11.9. The number of carbonyl (C=O) groups is 1. The minimum atomic E-state index is -0.0796. The molecule has 20 heavy (non-hydrogen) atoms. The quantitative estimate of drug-likeness (QED) is 0.843. The molecule has 1 aliphatic carbocycles. The van der Waals surface area contributed by atoms with E-state index in [4.69, 9.17) is 11.6 Å². The van der Waals surface area contributed by atoms with Gasteiger partial charge in [0.15, 0.2) is 0 Å². The van der Waals surface area contributed by atoms with E-state index >= 15 is 0 Å². The summed E-state index contributed by atoms with van der Waals surface area (Å²) in [6.07, 6.45) is 3.49. The topological polar surface area (TPSA) is 29.1 Å². The fourth-order valence-corrected chi connectivity index (χ4v) is 2.78. The summed E-state index contributed by atoms with van der Waals surface area (Å²) in [6.45, 7) is 0. The molecule has 2 nitrogen and oxygen atoms in total. The van der Waals surface area contributed by atoms with Gasteiger partial charge in [0.2, 0.25) is 0 Å². The average molecular weight is 286 g/mol. The van der Waals surface area contributed by atoms with Crippen molar-refractivity contribution in [3.63, 3.8) is 0 Å². The summed E-state index contributed by atoms with van der Waals surface area (Å²) in [7, 11) is 0. The fraction of sp³-hybridized carbons (Fsp3) is 0.235. The van der Waals surface area contributed by atoms with Crippen LogP contribution >= 0.6 is 11.6 Å². The van der Waals surface area contributed by atoms with Crippen LogP contribution in [0.15, 0.2) is 42.5 Å². The first kappa shape index (κ1) is 13.2. The normalized spacial score (nSPS) is 13.1. The molecule has 0 bridgehead atoms. The molecule has 0 fully saturated rings. The monoisotopic (exact) mass is 285 g/mol. The summed E-state index contributed by atoms with van der Waals surface area (Å²) >= 11 is 5.74. The van der Waals surface area contributed by atoms with Crippen molar-refractivity contribution in [3.05, 3.63) is 64.7 Å². The van der Waals surface area contributed by atoms with Gasteiger partial charge in [-0.1, -0.05) is 18.2 Å². The van der Waals surface area contributed by atoms with Crippen molar-refractivity contribution in [3.8, 4) is 0 Å². The van der Waals surface area contributed by atoms with Gasteiger partial charge in [-0.05, 0) is 60.2 Å². The van der Waals surface area contributed by atoms with Gasteiger partial charge in [-0.3, -0.25) is 4.79 Å². The van der Waals surface area contributed by atoms with Gasteiger partial charge >= 0.3 is 0 Å². The van der Waals surface area contributed by atoms with Crippen molar-refractivity contribution >= 4 is 23.2 Å². The van der Waals surface area contributed by atoms with Crippen LogP contribution in [0, 0.1) is 0 Å². The van der Waals surface area contributed by atoms with Crippen LogP contribution in [0.1, 0.15) is 33.5 Å². The van der Waals surface area contributed by atoms with Gasteiger partial charge in [0.25, 0.3) is 5.91 Å². The van der Waals surface area contributed by atoms with E-state index in [2.05, 4.69) is 17.4 Å². The van der Waals surface area contributed by atoms with Gasteiger partial charge in [-0.25, -0.2) is 0 Å². The summed E-state index contributed by atoms with van der Waals surface area (Å²) in [6, 6.07) is 13.6. The van der Waals surface area contributed by atoms with Gasteiger partial charge in [-0.2, -0.15) is 0 Å². The number of hydrogen-bond acceptors (Lipinski definition) is 1. The standard InChI is InChI=1S/C17H16ClNO/c18-11-12-4-6-14(7-5-12)17(20)19-16-9-8-13-2-1-3-15(13)10-16/h4-10H,1-3,11H2,(H,19,20). The van der Waals surface area contributed by atoms with E-state index in [-0.39, 0.29) is 5.91 Å². The Kier molecular flexibility index (Phi) is 3.75. The lowest BCUT2D eigenvalue weighted by molar-refractivity contribution is 0.102. The van der Waals surface area contributed by atoms with E-state index in [0.29, 0.717) is 11.4 Å². The molecule has 1 aliphatic rings. The molecule has 3 heteroatoms. The van der Waals surface area contributed by atoms with Crippen molar-refractivity contribution < 1.29 is 4.79 Å². The Morgan fingerprint density at radius 3 is 2.55 bits per heavy atom. The van der Waals surface area contributed by atoms with Crippen molar-refractivity contribution in [2.75, 3.05) is 5.32 Å². The molecule has 0 atom stereocenters. The lowest BCUT2D eigenvalue weighted by Crippen LogP contribution is -2.12. The zero-order valence-electron chi connectivity index (χ0n) is 11.2. The average Bonchev–Trinajstić information content (AvgIpc) is 2.95.